The number of piperidine rings is 1. The van der Waals surface area contributed by atoms with Gasteiger partial charge in [-0.05, 0) is 49.2 Å². The monoisotopic (exact) mass is 495 g/mol. The van der Waals surface area contributed by atoms with Gasteiger partial charge in [0.2, 0.25) is 15.9 Å². The molecule has 0 spiro atoms. The summed E-state index contributed by atoms with van der Waals surface area (Å²) in [6.07, 6.45) is 0.825. The molecule has 0 radical (unpaired) electrons. The Kier molecular flexibility index (Phi) is 6.30. The molecule has 0 bridgehead atoms. The second-order valence-electron chi connectivity index (χ2n) is 7.57. The van der Waals surface area contributed by atoms with Crippen molar-refractivity contribution in [3.05, 3.63) is 51.1 Å². The van der Waals surface area contributed by atoms with Crippen LogP contribution in [0.5, 0.6) is 5.75 Å². The number of benzene rings is 2. The topological polar surface area (TPSA) is 97.7 Å². The molecule has 1 aliphatic rings. The summed E-state index contributed by atoms with van der Waals surface area (Å²) < 4.78 is 34.8. The van der Waals surface area contributed by atoms with Gasteiger partial charge in [-0.3, -0.25) is 9.59 Å². The molecule has 170 valence electrons. The molecule has 0 atom stereocenters. The highest BCUT2D eigenvalue weighted by Gasteiger charge is 2.32. The first-order valence-corrected chi connectivity index (χ1v) is 12.6. The zero-order valence-corrected chi connectivity index (χ0v) is 19.9. The molecule has 1 N–H and O–H groups in total. The van der Waals surface area contributed by atoms with E-state index in [1.54, 1.807) is 37.4 Å². The van der Waals surface area contributed by atoms with Gasteiger partial charge in [-0.15, -0.1) is 0 Å². The lowest BCUT2D eigenvalue weighted by atomic mass is 9.97. The number of thiazole rings is 1. The van der Waals surface area contributed by atoms with Crippen LogP contribution in [0.3, 0.4) is 0 Å². The fraction of sp³-hybridized carbons (Fsp3) is 0.333. The van der Waals surface area contributed by atoms with Crippen LogP contribution in [-0.4, -0.2) is 43.4 Å². The lowest BCUT2D eigenvalue weighted by Crippen LogP contribution is -2.41. The first-order chi connectivity index (χ1) is 15.2. The van der Waals surface area contributed by atoms with Gasteiger partial charge in [-0.25, -0.2) is 8.42 Å². The van der Waals surface area contributed by atoms with E-state index in [-0.39, 0.29) is 34.7 Å². The third-order valence-corrected chi connectivity index (χ3v) is 8.83. The minimum Gasteiger partial charge on any atom is -0.495 e. The Labute approximate surface area is 194 Å². The Balaban J connectivity index is 1.43. The number of anilines is 1. The van der Waals surface area contributed by atoms with Crippen LogP contribution >= 0.6 is 22.9 Å². The van der Waals surface area contributed by atoms with Crippen LogP contribution in [0.2, 0.25) is 5.02 Å². The van der Waals surface area contributed by atoms with Crippen molar-refractivity contribution in [2.45, 2.75) is 17.7 Å². The number of rotatable bonds is 5. The number of hydrogen-bond donors (Lipinski definition) is 1. The van der Waals surface area contributed by atoms with Crippen LogP contribution in [-0.2, 0) is 21.9 Å². The highest BCUT2D eigenvalue weighted by atomic mass is 35.5. The largest absolute Gasteiger partial charge is 0.495 e. The van der Waals surface area contributed by atoms with E-state index in [1.807, 2.05) is 0 Å². The van der Waals surface area contributed by atoms with Crippen LogP contribution < -0.4 is 14.9 Å². The Morgan fingerprint density at radius 1 is 1.19 bits per heavy atom. The highest BCUT2D eigenvalue weighted by Crippen LogP contribution is 2.30. The van der Waals surface area contributed by atoms with Crippen LogP contribution in [0.4, 0.5) is 5.69 Å². The number of aromatic nitrogens is 1. The van der Waals surface area contributed by atoms with Crippen molar-refractivity contribution in [3.8, 4) is 5.75 Å². The molecule has 1 aromatic heterocycles. The van der Waals surface area contributed by atoms with Gasteiger partial charge in [0.05, 0.1) is 27.2 Å². The summed E-state index contributed by atoms with van der Waals surface area (Å²) in [5.41, 5.74) is 1.26. The lowest BCUT2D eigenvalue weighted by molar-refractivity contribution is -0.120. The van der Waals surface area contributed by atoms with Gasteiger partial charge in [-0.2, -0.15) is 4.31 Å². The van der Waals surface area contributed by atoms with Crippen molar-refractivity contribution in [1.82, 2.24) is 8.87 Å². The minimum absolute atomic E-state index is 0.139. The number of hydrogen-bond acceptors (Lipinski definition) is 6. The molecule has 11 heteroatoms. The number of methoxy groups -OCH3 is 1. The summed E-state index contributed by atoms with van der Waals surface area (Å²) in [5.74, 6) is 0.0482. The van der Waals surface area contributed by atoms with Crippen molar-refractivity contribution < 1.29 is 17.9 Å². The zero-order valence-electron chi connectivity index (χ0n) is 17.5. The van der Waals surface area contributed by atoms with Gasteiger partial charge < -0.3 is 14.6 Å². The summed E-state index contributed by atoms with van der Waals surface area (Å²) in [4.78, 5) is 24.5. The molecule has 4 rings (SSSR count). The fourth-order valence-electron chi connectivity index (χ4n) is 3.77. The van der Waals surface area contributed by atoms with E-state index >= 15 is 0 Å². The number of amides is 1. The quantitative estimate of drug-likeness (QED) is 0.585. The maximum atomic E-state index is 13.1. The maximum Gasteiger partial charge on any atom is 0.307 e. The van der Waals surface area contributed by atoms with E-state index in [2.05, 4.69) is 5.32 Å². The molecule has 3 aromatic rings. The standard InChI is InChI=1S/C21H22ClN3O5S2/c1-24-17-5-4-15(12-19(17)31-21(24)27)32(28,29)25-9-7-13(8-10-25)20(26)23-14-3-6-18(30-2)16(22)11-14/h3-6,11-13H,7-10H2,1-2H3,(H,23,26). The van der Waals surface area contributed by atoms with E-state index in [0.717, 1.165) is 11.3 Å². The predicted molar refractivity (Wildman–Crippen MR) is 125 cm³/mol. The summed E-state index contributed by atoms with van der Waals surface area (Å²) in [6.45, 7) is 0.486. The van der Waals surface area contributed by atoms with E-state index in [4.69, 9.17) is 16.3 Å². The normalized spacial score (nSPS) is 15.7. The molecular weight excluding hydrogens is 474 g/mol. The van der Waals surface area contributed by atoms with E-state index in [0.29, 0.717) is 39.5 Å². The summed E-state index contributed by atoms with van der Waals surface area (Å²) in [7, 11) is -0.540. The Bertz CT molecular complexity index is 1340. The number of ether oxygens (including phenoxy) is 1. The predicted octanol–water partition coefficient (Wildman–Crippen LogP) is 3.30. The minimum atomic E-state index is -3.71. The number of carbonyl (C=O) groups excluding carboxylic acids is 1. The fourth-order valence-corrected chi connectivity index (χ4v) is 6.52. The SMILES string of the molecule is COc1ccc(NC(=O)C2CCN(S(=O)(=O)c3ccc4c(c3)sc(=O)n4C)CC2)cc1Cl. The van der Waals surface area contributed by atoms with Crippen molar-refractivity contribution in [3.63, 3.8) is 0 Å². The third kappa shape index (κ3) is 4.27. The third-order valence-electron chi connectivity index (χ3n) is 5.65. The zero-order chi connectivity index (χ0) is 23.0. The van der Waals surface area contributed by atoms with Crippen molar-refractivity contribution >= 4 is 54.8 Å². The van der Waals surface area contributed by atoms with Crippen LogP contribution in [0.15, 0.2) is 46.1 Å². The molecule has 2 heterocycles. The van der Waals surface area contributed by atoms with Crippen LogP contribution in [0.1, 0.15) is 12.8 Å². The number of halogens is 1. The Morgan fingerprint density at radius 2 is 1.91 bits per heavy atom. The van der Waals surface area contributed by atoms with Gasteiger partial charge in [0.25, 0.3) is 0 Å². The molecule has 0 unspecified atom stereocenters. The van der Waals surface area contributed by atoms with Gasteiger partial charge in [0.15, 0.2) is 0 Å². The Morgan fingerprint density at radius 3 is 2.56 bits per heavy atom. The number of sulfonamides is 1. The number of fused-ring (bicyclic) bond motifs is 1. The first-order valence-electron chi connectivity index (χ1n) is 9.95. The second kappa shape index (κ2) is 8.86. The van der Waals surface area contributed by atoms with Crippen molar-refractivity contribution in [2.24, 2.45) is 13.0 Å². The number of nitrogens with zero attached hydrogens (tertiary/aromatic N) is 2. The molecule has 32 heavy (non-hydrogen) atoms. The average Bonchev–Trinajstić information content (AvgIpc) is 3.07. The summed E-state index contributed by atoms with van der Waals surface area (Å²) in [5, 5.41) is 3.23. The van der Waals surface area contributed by atoms with Gasteiger partial charge in [0, 0.05) is 31.7 Å². The first kappa shape index (κ1) is 22.8. The molecule has 1 fully saturated rings. The molecule has 0 saturated carbocycles. The second-order valence-corrected chi connectivity index (χ2v) is 10.9. The molecule has 1 saturated heterocycles. The summed E-state index contributed by atoms with van der Waals surface area (Å²) in [6, 6.07) is 9.72. The van der Waals surface area contributed by atoms with E-state index in [9.17, 15) is 18.0 Å². The van der Waals surface area contributed by atoms with E-state index < -0.39 is 10.0 Å². The van der Waals surface area contributed by atoms with Gasteiger partial charge in [0.1, 0.15) is 5.75 Å². The summed E-state index contributed by atoms with van der Waals surface area (Å²) >= 11 is 7.12. The maximum absolute atomic E-state index is 13.1. The van der Waals surface area contributed by atoms with Crippen molar-refractivity contribution in [2.75, 3.05) is 25.5 Å². The van der Waals surface area contributed by atoms with Crippen LogP contribution in [0, 0.1) is 5.92 Å². The Hall–Kier alpha value is -2.40. The molecule has 0 aliphatic carbocycles. The molecular formula is C21H22ClN3O5S2. The van der Waals surface area contributed by atoms with Gasteiger partial charge >= 0.3 is 4.87 Å². The molecule has 2 aromatic carbocycles. The molecule has 1 amide bonds. The smallest absolute Gasteiger partial charge is 0.307 e. The van der Waals surface area contributed by atoms with Crippen molar-refractivity contribution in [1.29, 1.82) is 0 Å². The van der Waals surface area contributed by atoms with E-state index in [1.165, 1.54) is 22.0 Å². The number of nitrogens with one attached hydrogen (secondary N) is 1. The molecule has 8 nitrogen and oxygen atoms in total. The number of carbonyl (C=O) groups is 1. The van der Waals surface area contributed by atoms with Gasteiger partial charge in [-0.1, -0.05) is 22.9 Å². The number of aryl methyl sites for hydroxylation is 1. The van der Waals surface area contributed by atoms with Crippen LogP contribution in [0.25, 0.3) is 10.2 Å². The molecule has 1 aliphatic heterocycles. The highest BCUT2D eigenvalue weighted by molar-refractivity contribution is 7.89. The lowest BCUT2D eigenvalue weighted by Gasteiger charge is -2.30. The average molecular weight is 496 g/mol.